The van der Waals surface area contributed by atoms with E-state index in [1.807, 2.05) is 6.07 Å². The first kappa shape index (κ1) is 22.4. The number of amides is 1. The van der Waals surface area contributed by atoms with Crippen molar-refractivity contribution < 1.29 is 18.7 Å². The van der Waals surface area contributed by atoms with Crippen LogP contribution in [0.25, 0.3) is 0 Å². The van der Waals surface area contributed by atoms with Crippen molar-refractivity contribution in [1.82, 2.24) is 4.90 Å². The highest BCUT2D eigenvalue weighted by Gasteiger charge is 2.43. The first-order valence-corrected chi connectivity index (χ1v) is 9.64. The van der Waals surface area contributed by atoms with Gasteiger partial charge in [-0.05, 0) is 63.8 Å². The minimum atomic E-state index is -1.36. The summed E-state index contributed by atoms with van der Waals surface area (Å²) in [5.74, 6) is -0.759. The van der Waals surface area contributed by atoms with Crippen molar-refractivity contribution >= 4 is 17.7 Å². The van der Waals surface area contributed by atoms with Gasteiger partial charge in [-0.3, -0.25) is 5.73 Å². The predicted molar refractivity (Wildman–Crippen MR) is 105 cm³/mol. The van der Waals surface area contributed by atoms with Gasteiger partial charge >= 0.3 is 6.09 Å². The quantitative estimate of drug-likeness (QED) is 0.702. The van der Waals surface area contributed by atoms with Gasteiger partial charge in [-0.15, -0.1) is 0 Å². The number of rotatable bonds is 4. The number of nitrogens with zero attached hydrogens (tertiary/aromatic N) is 2. The molecule has 0 spiro atoms. The highest BCUT2D eigenvalue weighted by atomic mass is 35.5. The van der Waals surface area contributed by atoms with E-state index in [4.69, 9.17) is 32.1 Å². The molecule has 154 valence electrons. The topological polar surface area (TPSA) is 88.6 Å². The molecule has 0 radical (unpaired) electrons. The molecule has 2 aliphatic rings. The molecule has 0 aromatic carbocycles. The van der Waals surface area contributed by atoms with Crippen LogP contribution >= 0.6 is 11.6 Å². The largest absolute Gasteiger partial charge is 0.444 e. The minimum absolute atomic E-state index is 0.191. The normalized spacial score (nSPS) is 22.8. The van der Waals surface area contributed by atoms with Crippen molar-refractivity contribution in [2.45, 2.75) is 51.4 Å². The molecule has 2 N–H and O–H groups in total. The van der Waals surface area contributed by atoms with Gasteiger partial charge in [0.25, 0.3) is 0 Å². The van der Waals surface area contributed by atoms with E-state index in [0.717, 1.165) is 0 Å². The number of nitriles is 1. The van der Waals surface area contributed by atoms with Crippen LogP contribution in [0, 0.1) is 17.2 Å². The second-order valence-electron chi connectivity index (χ2n) is 8.00. The van der Waals surface area contributed by atoms with Crippen LogP contribution in [0.1, 0.15) is 40.0 Å². The van der Waals surface area contributed by atoms with E-state index < -0.39 is 23.2 Å². The number of hydrogen-bond donors (Lipinski definition) is 1. The summed E-state index contributed by atoms with van der Waals surface area (Å²) in [5.41, 5.74) is 5.24. The number of carbonyl (C=O) groups excluding carboxylic acids is 1. The van der Waals surface area contributed by atoms with Crippen LogP contribution in [-0.2, 0) is 9.47 Å². The summed E-state index contributed by atoms with van der Waals surface area (Å²) in [6.45, 7) is 6.05. The van der Waals surface area contributed by atoms with Crippen LogP contribution in [0.4, 0.5) is 9.18 Å². The Labute approximate surface area is 170 Å². The Morgan fingerprint density at radius 2 is 2.18 bits per heavy atom. The van der Waals surface area contributed by atoms with Crippen molar-refractivity contribution in [2.24, 2.45) is 11.7 Å². The fourth-order valence-electron chi connectivity index (χ4n) is 3.38. The van der Waals surface area contributed by atoms with Gasteiger partial charge in [0.15, 0.2) is 0 Å². The summed E-state index contributed by atoms with van der Waals surface area (Å²) in [5, 5.41) is 9.19. The lowest BCUT2D eigenvalue weighted by Crippen LogP contribution is -2.57. The predicted octanol–water partition coefficient (Wildman–Crippen LogP) is 4.13. The second-order valence-corrected chi connectivity index (χ2v) is 8.43. The minimum Gasteiger partial charge on any atom is -0.444 e. The van der Waals surface area contributed by atoms with Gasteiger partial charge in [0, 0.05) is 24.0 Å². The standard InChI is InChI=1S/C20H27ClFN3O3/c1-19(2,3)28-18(26)25-9-4-5-15(13-25)20(24,27-10-8-23)14-6-7-17(22)12-16(21)11-14/h7,11-12,15H,4-6,9-10,13,24H2,1-3H3. The van der Waals surface area contributed by atoms with Crippen LogP contribution in [0.3, 0.4) is 0 Å². The molecule has 1 aliphatic heterocycles. The smallest absolute Gasteiger partial charge is 0.410 e. The van der Waals surface area contributed by atoms with Gasteiger partial charge < -0.3 is 14.4 Å². The summed E-state index contributed by atoms with van der Waals surface area (Å²) < 4.78 is 25.0. The number of carbonyl (C=O) groups is 1. The summed E-state index contributed by atoms with van der Waals surface area (Å²) in [6.07, 6.45) is 5.32. The van der Waals surface area contributed by atoms with Crippen molar-refractivity contribution in [3.8, 4) is 6.07 Å². The lowest BCUT2D eigenvalue weighted by atomic mass is 9.82. The molecular formula is C20H27ClFN3O3. The monoisotopic (exact) mass is 411 g/mol. The molecule has 6 nitrogen and oxygen atoms in total. The molecule has 1 amide bonds. The van der Waals surface area contributed by atoms with Crippen LogP contribution in [-0.4, -0.2) is 42.0 Å². The molecule has 1 saturated heterocycles. The Balaban J connectivity index is 2.28. The molecule has 1 fully saturated rings. The lowest BCUT2D eigenvalue weighted by molar-refractivity contribution is -0.0654. The first-order valence-electron chi connectivity index (χ1n) is 9.27. The van der Waals surface area contributed by atoms with Gasteiger partial charge in [-0.1, -0.05) is 11.6 Å². The van der Waals surface area contributed by atoms with Crippen LogP contribution < -0.4 is 5.73 Å². The number of piperidine rings is 1. The van der Waals surface area contributed by atoms with E-state index in [1.165, 1.54) is 12.2 Å². The molecule has 0 bridgehead atoms. The zero-order chi connectivity index (χ0) is 20.9. The van der Waals surface area contributed by atoms with E-state index in [1.54, 1.807) is 31.7 Å². The summed E-state index contributed by atoms with van der Waals surface area (Å²) in [6, 6.07) is 1.93. The van der Waals surface area contributed by atoms with Gasteiger partial charge in [-0.25, -0.2) is 9.18 Å². The van der Waals surface area contributed by atoms with Gasteiger partial charge in [-0.2, -0.15) is 5.26 Å². The molecule has 2 atom stereocenters. The maximum absolute atomic E-state index is 13.7. The Morgan fingerprint density at radius 1 is 1.46 bits per heavy atom. The fourth-order valence-corrected chi connectivity index (χ4v) is 3.62. The molecule has 0 aromatic rings. The average Bonchev–Trinajstić information content (AvgIpc) is 2.78. The maximum atomic E-state index is 13.7. The fraction of sp³-hybridized carbons (Fsp3) is 0.600. The molecule has 0 aromatic heterocycles. The van der Waals surface area contributed by atoms with Crippen molar-refractivity contribution in [3.05, 3.63) is 34.7 Å². The summed E-state index contributed by atoms with van der Waals surface area (Å²) >= 11 is 6.08. The van der Waals surface area contributed by atoms with Gasteiger partial charge in [0.1, 0.15) is 23.8 Å². The Kier molecular flexibility index (Phi) is 7.27. The molecule has 8 heteroatoms. The van der Waals surface area contributed by atoms with E-state index >= 15 is 0 Å². The van der Waals surface area contributed by atoms with E-state index in [0.29, 0.717) is 31.5 Å². The number of ether oxygens (including phenoxy) is 2. The lowest BCUT2D eigenvalue weighted by Gasteiger charge is -2.43. The number of likely N-dealkylation sites (tertiary alicyclic amines) is 1. The second kappa shape index (κ2) is 9.08. The number of halogens is 2. The van der Waals surface area contributed by atoms with Crippen molar-refractivity contribution in [3.63, 3.8) is 0 Å². The molecular weight excluding hydrogens is 385 g/mol. The first-order chi connectivity index (χ1) is 13.0. The van der Waals surface area contributed by atoms with E-state index in [2.05, 4.69) is 0 Å². The zero-order valence-corrected chi connectivity index (χ0v) is 17.3. The Bertz CT molecular complexity index is 736. The Morgan fingerprint density at radius 3 is 2.82 bits per heavy atom. The van der Waals surface area contributed by atoms with E-state index in [9.17, 15) is 9.18 Å². The molecule has 0 saturated carbocycles. The zero-order valence-electron chi connectivity index (χ0n) is 16.5. The number of allylic oxidation sites excluding steroid dienone is 5. The highest BCUT2D eigenvalue weighted by Crippen LogP contribution is 2.36. The van der Waals surface area contributed by atoms with Crippen LogP contribution in [0.5, 0.6) is 0 Å². The Hall–Kier alpha value is -1.88. The molecule has 1 heterocycles. The highest BCUT2D eigenvalue weighted by molar-refractivity contribution is 6.31. The van der Waals surface area contributed by atoms with Crippen molar-refractivity contribution in [2.75, 3.05) is 19.7 Å². The number of hydrogen-bond acceptors (Lipinski definition) is 5. The molecule has 1 aliphatic carbocycles. The SMILES string of the molecule is CC(C)(C)OC(=O)N1CCCC(C(N)(OCC#N)C2=CC(Cl)=CC(F)=CC2)C1. The third-order valence-corrected chi connectivity index (χ3v) is 4.88. The van der Waals surface area contributed by atoms with Gasteiger partial charge in [0.05, 0.1) is 6.07 Å². The van der Waals surface area contributed by atoms with Crippen LogP contribution in [0.15, 0.2) is 34.7 Å². The van der Waals surface area contributed by atoms with E-state index in [-0.39, 0.29) is 24.0 Å². The third kappa shape index (κ3) is 5.81. The molecule has 2 unspecified atom stereocenters. The van der Waals surface area contributed by atoms with Crippen LogP contribution in [0.2, 0.25) is 0 Å². The summed E-state index contributed by atoms with van der Waals surface area (Å²) in [7, 11) is 0. The third-order valence-electron chi connectivity index (χ3n) is 4.66. The van der Waals surface area contributed by atoms with Gasteiger partial charge in [0.2, 0.25) is 0 Å². The maximum Gasteiger partial charge on any atom is 0.410 e. The number of nitrogens with two attached hydrogens (primary N) is 1. The molecule has 28 heavy (non-hydrogen) atoms. The average molecular weight is 412 g/mol. The summed E-state index contributed by atoms with van der Waals surface area (Å²) in [4.78, 5) is 14.1. The molecule has 2 rings (SSSR count). The van der Waals surface area contributed by atoms with Crippen molar-refractivity contribution in [1.29, 1.82) is 5.26 Å².